The van der Waals surface area contributed by atoms with Crippen LogP contribution >= 0.6 is 0 Å². The summed E-state index contributed by atoms with van der Waals surface area (Å²) in [5, 5.41) is 8.00. The number of rotatable bonds is 7. The molecule has 0 aliphatic heterocycles. The van der Waals surface area contributed by atoms with E-state index in [0.717, 1.165) is 16.7 Å². The van der Waals surface area contributed by atoms with E-state index in [-0.39, 0.29) is 5.89 Å². The van der Waals surface area contributed by atoms with Crippen LogP contribution in [0.3, 0.4) is 0 Å². The lowest BCUT2D eigenvalue weighted by Crippen LogP contribution is -2.06. The van der Waals surface area contributed by atoms with Crippen molar-refractivity contribution in [2.45, 2.75) is 20.0 Å². The summed E-state index contributed by atoms with van der Waals surface area (Å²) in [6.07, 6.45) is 2.24. The summed E-state index contributed by atoms with van der Waals surface area (Å²) >= 11 is 0. The van der Waals surface area contributed by atoms with Gasteiger partial charge in [0.1, 0.15) is 11.5 Å². The minimum absolute atomic E-state index is 0.226. The molecular formula is C22H22N2O5. The molecule has 0 radical (unpaired) electrons. The van der Waals surface area contributed by atoms with E-state index < -0.39 is 12.1 Å². The molecule has 1 atom stereocenters. The van der Waals surface area contributed by atoms with Gasteiger partial charge in [-0.15, -0.1) is 10.2 Å². The molecule has 3 aromatic rings. The Morgan fingerprint density at radius 2 is 1.83 bits per heavy atom. The monoisotopic (exact) mass is 394 g/mol. The first kappa shape index (κ1) is 20.1. The summed E-state index contributed by atoms with van der Waals surface area (Å²) in [7, 11) is 3.12. The van der Waals surface area contributed by atoms with E-state index in [1.807, 2.05) is 31.2 Å². The van der Waals surface area contributed by atoms with Gasteiger partial charge in [0.25, 0.3) is 5.89 Å². The van der Waals surface area contributed by atoms with Crippen LogP contribution in [0.1, 0.15) is 30.0 Å². The maximum atomic E-state index is 12.2. The Morgan fingerprint density at radius 3 is 2.52 bits per heavy atom. The van der Waals surface area contributed by atoms with Gasteiger partial charge in [0.05, 0.1) is 14.2 Å². The summed E-state index contributed by atoms with van der Waals surface area (Å²) in [6.45, 7) is 3.67. The topological polar surface area (TPSA) is 83.7 Å². The summed E-state index contributed by atoms with van der Waals surface area (Å²) in [6, 6.07) is 13.0. The Bertz CT molecular complexity index is 1010. The lowest BCUT2D eigenvalue weighted by Gasteiger charge is -2.08. The van der Waals surface area contributed by atoms with Crippen molar-refractivity contribution in [2.24, 2.45) is 0 Å². The highest BCUT2D eigenvalue weighted by atomic mass is 16.6. The second-order valence-corrected chi connectivity index (χ2v) is 6.33. The van der Waals surface area contributed by atoms with Gasteiger partial charge in [0.2, 0.25) is 5.89 Å². The van der Waals surface area contributed by atoms with Crippen LogP contribution in [0, 0.1) is 6.92 Å². The molecule has 0 aliphatic carbocycles. The number of carbonyl (C=O) groups excluding carboxylic acids is 1. The van der Waals surface area contributed by atoms with Gasteiger partial charge in [0, 0.05) is 23.3 Å². The number of hydrogen-bond acceptors (Lipinski definition) is 7. The molecule has 0 saturated heterocycles. The predicted octanol–water partition coefficient (Wildman–Crippen LogP) is 4.38. The number of aromatic nitrogens is 2. The molecule has 0 N–H and O–H groups in total. The molecule has 0 unspecified atom stereocenters. The fourth-order valence-electron chi connectivity index (χ4n) is 2.59. The van der Waals surface area contributed by atoms with E-state index in [1.54, 1.807) is 45.4 Å². The molecule has 0 fully saturated rings. The minimum Gasteiger partial charge on any atom is -0.497 e. The van der Waals surface area contributed by atoms with Gasteiger partial charge >= 0.3 is 5.97 Å². The highest BCUT2D eigenvalue weighted by Crippen LogP contribution is 2.26. The lowest BCUT2D eigenvalue weighted by molar-refractivity contribution is -0.143. The predicted molar refractivity (Wildman–Crippen MR) is 108 cm³/mol. The third-order valence-electron chi connectivity index (χ3n) is 4.22. The number of ether oxygens (including phenoxy) is 3. The molecule has 3 rings (SSSR count). The number of carbonyl (C=O) groups is 1. The summed E-state index contributed by atoms with van der Waals surface area (Å²) in [4.78, 5) is 12.2. The van der Waals surface area contributed by atoms with Gasteiger partial charge in [-0.1, -0.05) is 17.7 Å². The van der Waals surface area contributed by atoms with Crippen molar-refractivity contribution in [1.82, 2.24) is 10.2 Å². The van der Waals surface area contributed by atoms with Crippen LogP contribution in [0.5, 0.6) is 11.5 Å². The maximum Gasteiger partial charge on any atom is 0.331 e. The van der Waals surface area contributed by atoms with E-state index in [2.05, 4.69) is 10.2 Å². The average molecular weight is 394 g/mol. The lowest BCUT2D eigenvalue weighted by atomic mass is 10.1. The SMILES string of the molecule is COc1ccc(/C=C/C(=O)O[C@@H](C)c2nnc(-c3ccc(C)cc3)o2)c(OC)c1. The molecule has 0 saturated carbocycles. The van der Waals surface area contributed by atoms with E-state index in [9.17, 15) is 4.79 Å². The van der Waals surface area contributed by atoms with Crippen LogP contribution in [0.2, 0.25) is 0 Å². The molecular weight excluding hydrogens is 372 g/mol. The first-order valence-electron chi connectivity index (χ1n) is 9.01. The van der Waals surface area contributed by atoms with Gasteiger partial charge in [-0.2, -0.15) is 0 Å². The van der Waals surface area contributed by atoms with Crippen LogP contribution in [0.15, 0.2) is 53.0 Å². The summed E-state index contributed by atoms with van der Waals surface area (Å²) in [5.74, 6) is 1.31. The van der Waals surface area contributed by atoms with Crippen LogP contribution in [0.25, 0.3) is 17.5 Å². The fraction of sp³-hybridized carbons (Fsp3) is 0.227. The van der Waals surface area contributed by atoms with E-state index in [1.165, 1.54) is 6.08 Å². The van der Waals surface area contributed by atoms with Crippen molar-refractivity contribution in [1.29, 1.82) is 0 Å². The zero-order valence-corrected chi connectivity index (χ0v) is 16.7. The van der Waals surface area contributed by atoms with Crippen LogP contribution in [-0.4, -0.2) is 30.4 Å². The van der Waals surface area contributed by atoms with Crippen molar-refractivity contribution >= 4 is 12.0 Å². The molecule has 7 nitrogen and oxygen atoms in total. The van der Waals surface area contributed by atoms with Crippen molar-refractivity contribution in [3.63, 3.8) is 0 Å². The third-order valence-corrected chi connectivity index (χ3v) is 4.22. The Kier molecular flexibility index (Phi) is 6.29. The third kappa shape index (κ3) is 5.01. The van der Waals surface area contributed by atoms with Crippen molar-refractivity contribution in [3.05, 3.63) is 65.6 Å². The van der Waals surface area contributed by atoms with E-state index in [0.29, 0.717) is 17.4 Å². The molecule has 1 aromatic heterocycles. The molecule has 29 heavy (non-hydrogen) atoms. The van der Waals surface area contributed by atoms with Gasteiger partial charge in [-0.05, 0) is 44.2 Å². The van der Waals surface area contributed by atoms with Gasteiger partial charge in [-0.3, -0.25) is 0 Å². The Hall–Kier alpha value is -3.61. The number of esters is 1. The number of benzene rings is 2. The Balaban J connectivity index is 1.65. The minimum atomic E-state index is -0.684. The van der Waals surface area contributed by atoms with E-state index in [4.69, 9.17) is 18.6 Å². The van der Waals surface area contributed by atoms with Gasteiger partial charge in [-0.25, -0.2) is 4.79 Å². The molecule has 7 heteroatoms. The van der Waals surface area contributed by atoms with Crippen LogP contribution in [-0.2, 0) is 9.53 Å². The van der Waals surface area contributed by atoms with Crippen LogP contribution in [0.4, 0.5) is 0 Å². The highest BCUT2D eigenvalue weighted by Gasteiger charge is 2.18. The normalized spacial score (nSPS) is 12.0. The molecule has 150 valence electrons. The quantitative estimate of drug-likeness (QED) is 0.434. The van der Waals surface area contributed by atoms with Crippen molar-refractivity contribution < 1.29 is 23.4 Å². The average Bonchev–Trinajstić information content (AvgIpc) is 3.23. The Morgan fingerprint density at radius 1 is 1.07 bits per heavy atom. The Labute approximate surface area is 168 Å². The molecule has 0 aliphatic rings. The number of aryl methyl sites for hydroxylation is 1. The second-order valence-electron chi connectivity index (χ2n) is 6.33. The smallest absolute Gasteiger partial charge is 0.331 e. The molecule has 1 heterocycles. The van der Waals surface area contributed by atoms with E-state index >= 15 is 0 Å². The maximum absolute atomic E-state index is 12.2. The number of nitrogens with zero attached hydrogens (tertiary/aromatic N) is 2. The molecule has 0 bridgehead atoms. The van der Waals surface area contributed by atoms with Crippen molar-refractivity contribution in [3.8, 4) is 23.0 Å². The number of hydrogen-bond donors (Lipinski definition) is 0. The summed E-state index contributed by atoms with van der Waals surface area (Å²) in [5.41, 5.74) is 2.66. The molecule has 0 amide bonds. The largest absolute Gasteiger partial charge is 0.497 e. The first-order valence-corrected chi connectivity index (χ1v) is 9.01. The fourth-order valence-corrected chi connectivity index (χ4v) is 2.59. The molecule has 0 spiro atoms. The number of methoxy groups -OCH3 is 2. The van der Waals surface area contributed by atoms with Gasteiger partial charge in [0.15, 0.2) is 6.10 Å². The molecule has 2 aromatic carbocycles. The van der Waals surface area contributed by atoms with Gasteiger partial charge < -0.3 is 18.6 Å². The van der Waals surface area contributed by atoms with Crippen LogP contribution < -0.4 is 9.47 Å². The standard InChI is InChI=1S/C22H22N2O5/c1-14-5-7-17(8-6-14)22-24-23-21(29-22)15(2)28-20(25)12-10-16-9-11-18(26-3)13-19(16)27-4/h5-13,15H,1-4H3/b12-10+/t15-/m0/s1. The zero-order valence-electron chi connectivity index (χ0n) is 16.7. The van der Waals surface area contributed by atoms with Crippen molar-refractivity contribution in [2.75, 3.05) is 14.2 Å². The zero-order chi connectivity index (χ0) is 20.8. The first-order chi connectivity index (χ1) is 14.0. The second kappa shape index (κ2) is 9.05. The summed E-state index contributed by atoms with van der Waals surface area (Å²) < 4.78 is 21.5. The highest BCUT2D eigenvalue weighted by molar-refractivity contribution is 5.87.